The van der Waals surface area contributed by atoms with Crippen molar-refractivity contribution in [2.45, 2.75) is 37.3 Å². The van der Waals surface area contributed by atoms with Crippen molar-refractivity contribution in [1.29, 1.82) is 0 Å². The molecule has 0 atom stereocenters. The van der Waals surface area contributed by atoms with Crippen LogP contribution in [0.5, 0.6) is 5.88 Å². The number of pyridine rings is 1. The highest BCUT2D eigenvalue weighted by atomic mass is 32.2. The molecule has 7 heteroatoms. The molecular weight excluding hydrogens is 351 g/mol. The van der Waals surface area contributed by atoms with E-state index in [1.54, 1.807) is 0 Å². The lowest BCUT2D eigenvalue weighted by molar-refractivity contribution is -0.154. The van der Waals surface area contributed by atoms with Crippen molar-refractivity contribution < 1.29 is 22.7 Å². The van der Waals surface area contributed by atoms with Crippen molar-refractivity contribution in [1.82, 2.24) is 4.98 Å². The largest absolute Gasteiger partial charge is 0.468 e. The van der Waals surface area contributed by atoms with Crippen LogP contribution in [-0.4, -0.2) is 22.9 Å². The average Bonchev–Trinajstić information content (AvgIpc) is 2.52. The molecule has 2 aromatic rings. The Morgan fingerprint density at radius 2 is 1.72 bits per heavy atom. The SMILES string of the molecule is CC(C)(C)c1ccc(SC(=O)c2ccc(OCC(F)(F)F)nc2)cc1. The molecule has 1 aromatic carbocycles. The topological polar surface area (TPSA) is 39.2 Å². The van der Waals surface area contributed by atoms with Gasteiger partial charge in [0.15, 0.2) is 6.61 Å². The molecule has 2 rings (SSSR count). The number of aromatic nitrogens is 1. The van der Waals surface area contributed by atoms with E-state index in [4.69, 9.17) is 0 Å². The minimum absolute atomic E-state index is 0.0311. The van der Waals surface area contributed by atoms with Gasteiger partial charge in [-0.25, -0.2) is 4.98 Å². The van der Waals surface area contributed by atoms with E-state index in [1.165, 1.54) is 18.3 Å². The third kappa shape index (κ3) is 6.08. The van der Waals surface area contributed by atoms with Gasteiger partial charge in [0, 0.05) is 22.7 Å². The lowest BCUT2D eigenvalue weighted by Crippen LogP contribution is -2.19. The van der Waals surface area contributed by atoms with Crippen LogP contribution in [0.3, 0.4) is 0 Å². The second kappa shape index (κ2) is 7.47. The molecule has 0 fully saturated rings. The number of hydrogen-bond donors (Lipinski definition) is 0. The van der Waals surface area contributed by atoms with Crippen LogP contribution < -0.4 is 4.74 Å². The third-order valence-electron chi connectivity index (χ3n) is 3.29. The first kappa shape index (κ1) is 19.3. The quantitative estimate of drug-likeness (QED) is 0.690. The van der Waals surface area contributed by atoms with Crippen LogP contribution in [0.15, 0.2) is 47.5 Å². The summed E-state index contributed by atoms with van der Waals surface area (Å²) < 4.78 is 40.8. The molecule has 3 nitrogen and oxygen atoms in total. The van der Waals surface area contributed by atoms with Gasteiger partial charge >= 0.3 is 6.18 Å². The molecule has 0 saturated heterocycles. The lowest BCUT2D eigenvalue weighted by Gasteiger charge is -2.18. The number of hydrogen-bond acceptors (Lipinski definition) is 4. The van der Waals surface area contributed by atoms with Crippen molar-refractivity contribution >= 4 is 16.9 Å². The average molecular weight is 369 g/mol. The van der Waals surface area contributed by atoms with Gasteiger partial charge in [-0.15, -0.1) is 0 Å². The zero-order valence-corrected chi connectivity index (χ0v) is 14.9. The van der Waals surface area contributed by atoms with Crippen LogP contribution in [-0.2, 0) is 5.41 Å². The van der Waals surface area contributed by atoms with Crippen LogP contribution in [0.4, 0.5) is 13.2 Å². The van der Waals surface area contributed by atoms with Gasteiger partial charge < -0.3 is 4.74 Å². The molecule has 0 unspecified atom stereocenters. The molecule has 0 amide bonds. The van der Waals surface area contributed by atoms with Crippen LogP contribution >= 0.6 is 11.8 Å². The smallest absolute Gasteiger partial charge is 0.422 e. The van der Waals surface area contributed by atoms with Crippen LogP contribution in [0, 0.1) is 0 Å². The van der Waals surface area contributed by atoms with Gasteiger partial charge in [-0.3, -0.25) is 4.79 Å². The third-order valence-corrected chi connectivity index (χ3v) is 4.22. The maximum absolute atomic E-state index is 12.2. The Bertz CT molecular complexity index is 720. The summed E-state index contributed by atoms with van der Waals surface area (Å²) in [6.45, 7) is 4.90. The first-order valence-corrected chi connectivity index (χ1v) is 8.34. The highest BCUT2D eigenvalue weighted by molar-refractivity contribution is 8.14. The predicted molar refractivity (Wildman–Crippen MR) is 91.1 cm³/mol. The fourth-order valence-corrected chi connectivity index (χ4v) is 2.66. The fourth-order valence-electron chi connectivity index (χ4n) is 1.93. The molecule has 0 bridgehead atoms. The Kier molecular flexibility index (Phi) is 5.77. The molecular formula is C18H18F3NO2S. The number of benzene rings is 1. The highest BCUT2D eigenvalue weighted by Crippen LogP contribution is 2.27. The van der Waals surface area contributed by atoms with Gasteiger partial charge in [-0.1, -0.05) is 32.9 Å². The first-order chi connectivity index (χ1) is 11.5. The standard InChI is InChI=1S/C18H18F3NO2S/c1-17(2,3)13-5-7-14(8-6-13)25-16(23)12-4-9-15(22-10-12)24-11-18(19,20)21/h4-10H,11H2,1-3H3. The van der Waals surface area contributed by atoms with E-state index < -0.39 is 12.8 Å². The summed E-state index contributed by atoms with van der Waals surface area (Å²) in [4.78, 5) is 16.7. The Labute approximate surface area is 148 Å². The monoisotopic (exact) mass is 369 g/mol. The summed E-state index contributed by atoms with van der Waals surface area (Å²) in [6.07, 6.45) is -3.21. The summed E-state index contributed by atoms with van der Waals surface area (Å²) in [5.41, 5.74) is 1.49. The maximum Gasteiger partial charge on any atom is 0.422 e. The van der Waals surface area contributed by atoms with E-state index in [9.17, 15) is 18.0 Å². The second-order valence-electron chi connectivity index (χ2n) is 6.45. The van der Waals surface area contributed by atoms with Crippen LogP contribution in [0.1, 0.15) is 36.7 Å². The molecule has 0 N–H and O–H groups in total. The lowest BCUT2D eigenvalue weighted by atomic mass is 9.87. The van der Waals surface area contributed by atoms with E-state index in [0.717, 1.165) is 22.2 Å². The normalized spacial score (nSPS) is 12.1. The second-order valence-corrected chi connectivity index (χ2v) is 7.50. The molecule has 25 heavy (non-hydrogen) atoms. The Morgan fingerprint density at radius 1 is 1.08 bits per heavy atom. The van der Waals surface area contributed by atoms with Gasteiger partial charge in [-0.05, 0) is 40.9 Å². The number of ether oxygens (including phenoxy) is 1. The number of carbonyl (C=O) groups is 1. The predicted octanol–water partition coefficient (Wildman–Crippen LogP) is 5.25. The highest BCUT2D eigenvalue weighted by Gasteiger charge is 2.28. The van der Waals surface area contributed by atoms with E-state index in [-0.39, 0.29) is 16.4 Å². The number of rotatable bonds is 4. The molecule has 0 radical (unpaired) electrons. The van der Waals surface area contributed by atoms with Crippen molar-refractivity contribution in [3.05, 3.63) is 53.7 Å². The zero-order valence-electron chi connectivity index (χ0n) is 14.1. The Morgan fingerprint density at radius 3 is 2.20 bits per heavy atom. The van der Waals surface area contributed by atoms with Crippen molar-refractivity contribution in [3.63, 3.8) is 0 Å². The molecule has 0 aliphatic rings. The first-order valence-electron chi connectivity index (χ1n) is 7.53. The fraction of sp³-hybridized carbons (Fsp3) is 0.333. The van der Waals surface area contributed by atoms with E-state index >= 15 is 0 Å². The number of nitrogens with zero attached hydrogens (tertiary/aromatic N) is 1. The minimum atomic E-state index is -4.43. The van der Waals surface area contributed by atoms with Gasteiger partial charge in [0.05, 0.1) is 0 Å². The number of alkyl halides is 3. The molecule has 0 saturated carbocycles. The summed E-state index contributed by atoms with van der Waals surface area (Å²) in [5.74, 6) is -0.173. The number of halogens is 3. The number of thioether (sulfide) groups is 1. The summed E-state index contributed by atoms with van der Waals surface area (Å²) in [6, 6.07) is 10.3. The Hall–Kier alpha value is -2.02. The summed E-state index contributed by atoms with van der Waals surface area (Å²) in [7, 11) is 0. The Balaban J connectivity index is 1.99. The van der Waals surface area contributed by atoms with Crippen molar-refractivity contribution in [2.75, 3.05) is 6.61 Å². The van der Waals surface area contributed by atoms with Crippen LogP contribution in [0.25, 0.3) is 0 Å². The summed E-state index contributed by atoms with van der Waals surface area (Å²) in [5, 5.41) is -0.238. The molecule has 0 aliphatic heterocycles. The van der Waals surface area contributed by atoms with E-state index in [2.05, 4.69) is 30.5 Å². The van der Waals surface area contributed by atoms with Gasteiger partial charge in [0.2, 0.25) is 11.0 Å². The van der Waals surface area contributed by atoms with E-state index in [1.807, 2.05) is 24.3 Å². The summed E-state index contributed by atoms with van der Waals surface area (Å²) >= 11 is 1.04. The van der Waals surface area contributed by atoms with Crippen molar-refractivity contribution in [3.8, 4) is 5.88 Å². The van der Waals surface area contributed by atoms with Gasteiger partial charge in [0.25, 0.3) is 0 Å². The van der Waals surface area contributed by atoms with Crippen LogP contribution in [0.2, 0.25) is 0 Å². The van der Waals surface area contributed by atoms with Crippen molar-refractivity contribution in [2.24, 2.45) is 0 Å². The van der Waals surface area contributed by atoms with Gasteiger partial charge in [0.1, 0.15) is 0 Å². The zero-order chi connectivity index (χ0) is 18.7. The molecule has 1 heterocycles. The molecule has 0 aliphatic carbocycles. The molecule has 0 spiro atoms. The minimum Gasteiger partial charge on any atom is -0.468 e. The molecule has 1 aromatic heterocycles. The molecule has 134 valence electrons. The maximum atomic E-state index is 12.2. The van der Waals surface area contributed by atoms with E-state index in [0.29, 0.717) is 5.56 Å². The number of carbonyl (C=O) groups excluding carboxylic acids is 1. The van der Waals surface area contributed by atoms with Gasteiger partial charge in [-0.2, -0.15) is 13.2 Å².